The van der Waals surface area contributed by atoms with Crippen molar-refractivity contribution in [1.82, 2.24) is 5.32 Å². The fourth-order valence-electron chi connectivity index (χ4n) is 3.05. The molecule has 0 saturated carbocycles. The van der Waals surface area contributed by atoms with E-state index in [0.717, 1.165) is 5.92 Å². The molecule has 2 unspecified atom stereocenters. The van der Waals surface area contributed by atoms with Crippen molar-refractivity contribution in [3.05, 3.63) is 12.2 Å². The van der Waals surface area contributed by atoms with Gasteiger partial charge in [0.15, 0.2) is 0 Å². The first-order valence-corrected chi connectivity index (χ1v) is 9.17. The van der Waals surface area contributed by atoms with Crippen molar-refractivity contribution in [2.24, 2.45) is 5.92 Å². The van der Waals surface area contributed by atoms with E-state index in [2.05, 4.69) is 31.3 Å². The molecule has 0 aromatic carbocycles. The van der Waals surface area contributed by atoms with E-state index < -0.39 is 0 Å². The van der Waals surface area contributed by atoms with Crippen molar-refractivity contribution in [1.29, 1.82) is 0 Å². The highest BCUT2D eigenvalue weighted by Gasteiger charge is 2.06. The van der Waals surface area contributed by atoms with Crippen LogP contribution in [0.2, 0.25) is 0 Å². The second-order valence-electron chi connectivity index (χ2n) is 6.85. The van der Waals surface area contributed by atoms with E-state index in [1.165, 1.54) is 83.6 Å². The predicted molar refractivity (Wildman–Crippen MR) is 91.2 cm³/mol. The van der Waals surface area contributed by atoms with E-state index in [-0.39, 0.29) is 0 Å². The Labute approximate surface area is 127 Å². The minimum Gasteiger partial charge on any atom is -0.314 e. The van der Waals surface area contributed by atoms with Gasteiger partial charge in [-0.25, -0.2) is 0 Å². The van der Waals surface area contributed by atoms with Gasteiger partial charge < -0.3 is 5.32 Å². The molecule has 1 N–H and O–H groups in total. The van der Waals surface area contributed by atoms with E-state index in [1.54, 1.807) is 0 Å². The summed E-state index contributed by atoms with van der Waals surface area (Å²) in [5.41, 5.74) is 0. The maximum atomic E-state index is 3.67. The standard InChI is InChI=1S/C19H37N/c1-18-14-12-10-8-6-4-3-5-7-9-11-13-17-20-19(2)16-15-18/h7,9,18-20H,3-6,8,10-17H2,1-2H3/b9-7+. The average molecular weight is 280 g/mol. The Kier molecular flexibility index (Phi) is 11.0. The van der Waals surface area contributed by atoms with Crippen LogP contribution in [0, 0.1) is 5.92 Å². The molecular weight excluding hydrogens is 242 g/mol. The summed E-state index contributed by atoms with van der Waals surface area (Å²) in [5.74, 6) is 0.918. The van der Waals surface area contributed by atoms with Crippen molar-refractivity contribution in [2.45, 2.75) is 96.9 Å². The second-order valence-corrected chi connectivity index (χ2v) is 6.85. The number of allylic oxidation sites excluding steroid dienone is 2. The molecule has 0 aromatic heterocycles. The van der Waals surface area contributed by atoms with Gasteiger partial charge in [-0.2, -0.15) is 0 Å². The highest BCUT2D eigenvalue weighted by atomic mass is 14.9. The molecule has 0 saturated heterocycles. The minimum atomic E-state index is 0.695. The molecule has 0 aromatic rings. The normalized spacial score (nSPS) is 31.1. The Morgan fingerprint density at radius 1 is 0.700 bits per heavy atom. The Bertz CT molecular complexity index is 234. The molecule has 0 fully saturated rings. The molecule has 118 valence electrons. The fourth-order valence-corrected chi connectivity index (χ4v) is 3.05. The molecule has 0 aliphatic carbocycles. The van der Waals surface area contributed by atoms with Crippen molar-refractivity contribution >= 4 is 0 Å². The molecule has 0 radical (unpaired) electrons. The third-order valence-corrected chi connectivity index (χ3v) is 4.62. The summed E-state index contributed by atoms with van der Waals surface area (Å²) in [6, 6.07) is 0.695. The van der Waals surface area contributed by atoms with Crippen LogP contribution >= 0.6 is 0 Å². The Hall–Kier alpha value is -0.300. The Morgan fingerprint density at radius 2 is 1.35 bits per heavy atom. The smallest absolute Gasteiger partial charge is 0.00388 e. The summed E-state index contributed by atoms with van der Waals surface area (Å²) in [6.07, 6.45) is 21.4. The summed E-state index contributed by atoms with van der Waals surface area (Å²) >= 11 is 0. The molecule has 1 heteroatoms. The molecule has 1 aliphatic rings. The van der Waals surface area contributed by atoms with Crippen molar-refractivity contribution in [3.63, 3.8) is 0 Å². The van der Waals surface area contributed by atoms with Crippen molar-refractivity contribution in [3.8, 4) is 0 Å². The van der Waals surface area contributed by atoms with Gasteiger partial charge in [0.25, 0.3) is 0 Å². The zero-order valence-electron chi connectivity index (χ0n) is 14.0. The van der Waals surface area contributed by atoms with E-state index >= 15 is 0 Å². The van der Waals surface area contributed by atoms with Crippen LogP contribution in [0.5, 0.6) is 0 Å². The molecule has 1 aliphatic heterocycles. The van der Waals surface area contributed by atoms with Gasteiger partial charge in [-0.15, -0.1) is 0 Å². The lowest BCUT2D eigenvalue weighted by molar-refractivity contribution is 0.402. The van der Waals surface area contributed by atoms with Crippen LogP contribution in [0.3, 0.4) is 0 Å². The van der Waals surface area contributed by atoms with E-state index in [4.69, 9.17) is 0 Å². The Balaban J connectivity index is 2.23. The van der Waals surface area contributed by atoms with E-state index in [0.29, 0.717) is 6.04 Å². The van der Waals surface area contributed by atoms with Crippen molar-refractivity contribution < 1.29 is 0 Å². The van der Waals surface area contributed by atoms with Crippen molar-refractivity contribution in [2.75, 3.05) is 6.54 Å². The Morgan fingerprint density at radius 3 is 2.15 bits per heavy atom. The summed E-state index contributed by atoms with van der Waals surface area (Å²) in [6.45, 7) is 5.97. The second kappa shape index (κ2) is 12.4. The van der Waals surface area contributed by atoms with E-state index in [9.17, 15) is 0 Å². The zero-order valence-corrected chi connectivity index (χ0v) is 14.0. The van der Waals surface area contributed by atoms with Crippen LogP contribution in [0.15, 0.2) is 12.2 Å². The first-order chi connectivity index (χ1) is 9.79. The largest absolute Gasteiger partial charge is 0.314 e. The first-order valence-electron chi connectivity index (χ1n) is 9.17. The molecule has 1 heterocycles. The number of hydrogen-bond acceptors (Lipinski definition) is 1. The maximum Gasteiger partial charge on any atom is 0.00388 e. The van der Waals surface area contributed by atoms with Gasteiger partial charge >= 0.3 is 0 Å². The van der Waals surface area contributed by atoms with Gasteiger partial charge in [-0.3, -0.25) is 0 Å². The highest BCUT2D eigenvalue weighted by Crippen LogP contribution is 2.17. The fraction of sp³-hybridized carbons (Fsp3) is 0.895. The minimum absolute atomic E-state index is 0.695. The molecular formula is C19H37N. The van der Waals surface area contributed by atoms with Gasteiger partial charge in [0.05, 0.1) is 0 Å². The van der Waals surface area contributed by atoms with Gasteiger partial charge in [-0.05, 0) is 57.9 Å². The molecule has 2 atom stereocenters. The molecule has 0 amide bonds. The van der Waals surface area contributed by atoms with Crippen LogP contribution in [0.25, 0.3) is 0 Å². The summed E-state index contributed by atoms with van der Waals surface area (Å²) in [4.78, 5) is 0. The van der Waals surface area contributed by atoms with E-state index in [1.807, 2.05) is 0 Å². The lowest BCUT2D eigenvalue weighted by Crippen LogP contribution is -2.27. The average Bonchev–Trinajstić information content (AvgIpc) is 2.44. The molecule has 1 nitrogen and oxygen atoms in total. The molecule has 0 spiro atoms. The van der Waals surface area contributed by atoms with Crippen LogP contribution in [-0.4, -0.2) is 12.6 Å². The summed E-state index contributed by atoms with van der Waals surface area (Å²) < 4.78 is 0. The quantitative estimate of drug-likeness (QED) is 0.548. The predicted octanol–water partition coefficient (Wildman–Crippen LogP) is 5.85. The van der Waals surface area contributed by atoms with Gasteiger partial charge in [-0.1, -0.05) is 57.6 Å². The zero-order chi connectivity index (χ0) is 14.5. The van der Waals surface area contributed by atoms with Crippen LogP contribution in [0.1, 0.15) is 90.9 Å². The first kappa shape index (κ1) is 17.8. The number of nitrogens with one attached hydrogen (secondary N) is 1. The summed E-state index contributed by atoms with van der Waals surface area (Å²) in [5, 5.41) is 3.67. The number of hydrogen-bond donors (Lipinski definition) is 1. The lowest BCUT2D eigenvalue weighted by atomic mass is 9.95. The maximum absolute atomic E-state index is 3.67. The van der Waals surface area contributed by atoms with Gasteiger partial charge in [0.2, 0.25) is 0 Å². The number of rotatable bonds is 0. The summed E-state index contributed by atoms with van der Waals surface area (Å²) in [7, 11) is 0. The molecule has 0 bridgehead atoms. The monoisotopic (exact) mass is 279 g/mol. The topological polar surface area (TPSA) is 12.0 Å². The molecule has 20 heavy (non-hydrogen) atoms. The van der Waals surface area contributed by atoms with Gasteiger partial charge in [0.1, 0.15) is 0 Å². The van der Waals surface area contributed by atoms with Crippen LogP contribution in [0.4, 0.5) is 0 Å². The third kappa shape index (κ3) is 10.5. The highest BCUT2D eigenvalue weighted by molar-refractivity contribution is 4.81. The SMILES string of the molecule is CC1CCCCCCCC/C=C/CCCNC(C)CC1. The van der Waals surface area contributed by atoms with Crippen LogP contribution in [-0.2, 0) is 0 Å². The van der Waals surface area contributed by atoms with Crippen LogP contribution < -0.4 is 5.32 Å². The molecule has 1 rings (SSSR count). The third-order valence-electron chi connectivity index (χ3n) is 4.62. The lowest BCUT2D eigenvalue weighted by Gasteiger charge is -2.17. The van der Waals surface area contributed by atoms with Gasteiger partial charge in [0, 0.05) is 6.04 Å².